The zero-order chi connectivity index (χ0) is 20.3. The number of aliphatic hydroxyl groups is 1. The highest BCUT2D eigenvalue weighted by atomic mass is 35.5. The summed E-state index contributed by atoms with van der Waals surface area (Å²) in [7, 11) is 3.05. The molecule has 0 saturated carbocycles. The summed E-state index contributed by atoms with van der Waals surface area (Å²) in [5.74, 6) is 1.13. The standard InChI is InChI=1S/C20H18Cl2N2O4/c1-27-13-4-6-15(18(10-13)28-2)19(26)20-23-7-8-24(20)11-17(25)14-5-3-12(21)9-16(14)22/h3-10,19,26H,11H2,1-2H3. The van der Waals surface area contributed by atoms with E-state index in [0.717, 1.165) is 0 Å². The van der Waals surface area contributed by atoms with E-state index in [-0.39, 0.29) is 17.4 Å². The normalized spacial score (nSPS) is 11.9. The maximum atomic E-state index is 12.7. The second kappa shape index (κ2) is 8.65. The summed E-state index contributed by atoms with van der Waals surface area (Å²) in [6, 6.07) is 9.78. The predicted molar refractivity (Wildman–Crippen MR) is 107 cm³/mol. The lowest BCUT2D eigenvalue weighted by Gasteiger charge is -2.17. The number of aliphatic hydroxyl groups excluding tert-OH is 1. The fourth-order valence-corrected chi connectivity index (χ4v) is 3.35. The van der Waals surface area contributed by atoms with Crippen molar-refractivity contribution in [3.05, 3.63) is 75.8 Å². The van der Waals surface area contributed by atoms with Crippen LogP contribution in [0.1, 0.15) is 27.8 Å². The highest BCUT2D eigenvalue weighted by Gasteiger charge is 2.22. The van der Waals surface area contributed by atoms with Gasteiger partial charge in [-0.05, 0) is 30.3 Å². The average Bonchev–Trinajstić information content (AvgIpc) is 3.14. The average molecular weight is 421 g/mol. The Bertz CT molecular complexity index is 1000. The van der Waals surface area contributed by atoms with Gasteiger partial charge in [-0.3, -0.25) is 4.79 Å². The number of benzene rings is 2. The molecule has 8 heteroatoms. The number of hydrogen-bond donors (Lipinski definition) is 1. The molecule has 3 rings (SSSR count). The lowest BCUT2D eigenvalue weighted by atomic mass is 10.1. The van der Waals surface area contributed by atoms with Crippen molar-refractivity contribution in [3.63, 3.8) is 0 Å². The van der Waals surface area contributed by atoms with Crippen LogP contribution in [0.3, 0.4) is 0 Å². The number of methoxy groups -OCH3 is 2. The van der Waals surface area contributed by atoms with E-state index in [0.29, 0.717) is 33.5 Å². The number of carbonyl (C=O) groups excluding carboxylic acids is 1. The predicted octanol–water partition coefficient (Wildman–Crippen LogP) is 4.17. The maximum Gasteiger partial charge on any atom is 0.184 e. The highest BCUT2D eigenvalue weighted by molar-refractivity contribution is 6.36. The molecule has 1 aromatic heterocycles. The van der Waals surface area contributed by atoms with Crippen LogP contribution in [0.2, 0.25) is 10.0 Å². The quantitative estimate of drug-likeness (QED) is 0.580. The zero-order valence-electron chi connectivity index (χ0n) is 15.2. The first kappa shape index (κ1) is 20.2. The van der Waals surface area contributed by atoms with Crippen LogP contribution >= 0.6 is 23.2 Å². The van der Waals surface area contributed by atoms with Crippen LogP contribution in [-0.2, 0) is 6.54 Å². The Kier molecular flexibility index (Phi) is 6.24. The number of ketones is 1. The van der Waals surface area contributed by atoms with Gasteiger partial charge in [-0.25, -0.2) is 4.98 Å². The Morgan fingerprint density at radius 3 is 2.64 bits per heavy atom. The summed E-state index contributed by atoms with van der Waals surface area (Å²) < 4.78 is 12.1. The Morgan fingerprint density at radius 1 is 1.18 bits per heavy atom. The SMILES string of the molecule is COc1ccc(C(O)c2nccn2CC(=O)c2ccc(Cl)cc2Cl)c(OC)c1. The number of nitrogens with zero attached hydrogens (tertiary/aromatic N) is 2. The second-order valence-corrected chi connectivity index (χ2v) is 6.81. The molecule has 0 aliphatic rings. The molecule has 0 fully saturated rings. The number of imidazole rings is 1. The molecule has 0 saturated heterocycles. The van der Waals surface area contributed by atoms with Gasteiger partial charge in [0.25, 0.3) is 0 Å². The summed E-state index contributed by atoms with van der Waals surface area (Å²) in [6.45, 7) is -0.0355. The van der Waals surface area contributed by atoms with Crippen LogP contribution in [0.15, 0.2) is 48.8 Å². The Labute approximate surface area is 172 Å². The van der Waals surface area contributed by atoms with Crippen LogP contribution in [0.4, 0.5) is 0 Å². The molecule has 0 spiro atoms. The van der Waals surface area contributed by atoms with E-state index in [1.165, 1.54) is 19.4 Å². The van der Waals surface area contributed by atoms with Crippen LogP contribution < -0.4 is 9.47 Å². The number of aromatic nitrogens is 2. The van der Waals surface area contributed by atoms with Gasteiger partial charge < -0.3 is 19.1 Å². The molecular formula is C20H18Cl2N2O4. The summed E-state index contributed by atoms with van der Waals surface area (Å²) in [4.78, 5) is 16.9. The van der Waals surface area contributed by atoms with Gasteiger partial charge in [-0.2, -0.15) is 0 Å². The van der Waals surface area contributed by atoms with E-state index in [9.17, 15) is 9.90 Å². The van der Waals surface area contributed by atoms with Crippen molar-refractivity contribution in [2.24, 2.45) is 0 Å². The fourth-order valence-electron chi connectivity index (χ4n) is 2.84. The van der Waals surface area contributed by atoms with Crippen LogP contribution in [0.5, 0.6) is 11.5 Å². The van der Waals surface area contributed by atoms with E-state index in [1.54, 1.807) is 48.2 Å². The second-order valence-electron chi connectivity index (χ2n) is 5.97. The third-order valence-electron chi connectivity index (χ3n) is 4.27. The minimum atomic E-state index is -1.09. The van der Waals surface area contributed by atoms with E-state index in [2.05, 4.69) is 4.98 Å². The highest BCUT2D eigenvalue weighted by Crippen LogP contribution is 2.32. The van der Waals surface area contributed by atoms with Crippen molar-refractivity contribution in [2.45, 2.75) is 12.6 Å². The topological polar surface area (TPSA) is 73.6 Å². The molecule has 1 atom stereocenters. The molecule has 146 valence electrons. The van der Waals surface area contributed by atoms with E-state index in [1.807, 2.05) is 0 Å². The van der Waals surface area contributed by atoms with Crippen LogP contribution in [0, 0.1) is 0 Å². The van der Waals surface area contributed by atoms with Crippen LogP contribution in [0.25, 0.3) is 0 Å². The van der Waals surface area contributed by atoms with Gasteiger partial charge in [0.05, 0.1) is 25.8 Å². The smallest absolute Gasteiger partial charge is 0.184 e. The number of ether oxygens (including phenoxy) is 2. The van der Waals surface area contributed by atoms with Gasteiger partial charge in [-0.15, -0.1) is 0 Å². The van der Waals surface area contributed by atoms with Crippen LogP contribution in [-0.4, -0.2) is 34.7 Å². The van der Waals surface area contributed by atoms with Gasteiger partial charge in [0, 0.05) is 34.6 Å². The van der Waals surface area contributed by atoms with Crippen molar-refractivity contribution >= 4 is 29.0 Å². The first-order valence-electron chi connectivity index (χ1n) is 8.34. The summed E-state index contributed by atoms with van der Waals surface area (Å²) in [6.07, 6.45) is 2.05. The zero-order valence-corrected chi connectivity index (χ0v) is 16.7. The minimum Gasteiger partial charge on any atom is -0.497 e. The summed E-state index contributed by atoms with van der Waals surface area (Å²) >= 11 is 12.0. The van der Waals surface area contributed by atoms with Gasteiger partial charge in [0.15, 0.2) is 5.78 Å². The van der Waals surface area contributed by atoms with Gasteiger partial charge in [0.1, 0.15) is 23.4 Å². The van der Waals surface area contributed by atoms with Gasteiger partial charge in [0.2, 0.25) is 0 Å². The third kappa shape index (κ3) is 4.14. The molecule has 0 aliphatic carbocycles. The van der Waals surface area contributed by atoms with Crippen molar-refractivity contribution in [1.82, 2.24) is 9.55 Å². The molecule has 2 aromatic carbocycles. The molecule has 0 amide bonds. The van der Waals surface area contributed by atoms with Gasteiger partial charge in [-0.1, -0.05) is 23.2 Å². The third-order valence-corrected chi connectivity index (χ3v) is 4.82. The molecule has 1 heterocycles. The number of Topliss-reactive ketones (excluding diaryl/α,β-unsaturated/α-hetero) is 1. The van der Waals surface area contributed by atoms with Crippen molar-refractivity contribution in [2.75, 3.05) is 14.2 Å². The Hall–Kier alpha value is -2.54. The molecule has 0 radical (unpaired) electrons. The molecular weight excluding hydrogens is 403 g/mol. The number of rotatable bonds is 7. The van der Waals surface area contributed by atoms with Crippen molar-refractivity contribution < 1.29 is 19.4 Å². The maximum absolute atomic E-state index is 12.7. The molecule has 1 N–H and O–H groups in total. The first-order valence-corrected chi connectivity index (χ1v) is 9.09. The summed E-state index contributed by atoms with van der Waals surface area (Å²) in [5, 5.41) is 11.6. The number of carbonyl (C=O) groups is 1. The molecule has 0 bridgehead atoms. The Balaban J connectivity index is 1.88. The van der Waals surface area contributed by atoms with Crippen molar-refractivity contribution in [1.29, 1.82) is 0 Å². The first-order chi connectivity index (χ1) is 13.4. The number of halogens is 2. The largest absolute Gasteiger partial charge is 0.497 e. The Morgan fingerprint density at radius 2 is 1.96 bits per heavy atom. The van der Waals surface area contributed by atoms with E-state index in [4.69, 9.17) is 32.7 Å². The number of hydrogen-bond acceptors (Lipinski definition) is 5. The lowest BCUT2D eigenvalue weighted by molar-refractivity contribution is 0.0967. The monoisotopic (exact) mass is 420 g/mol. The lowest BCUT2D eigenvalue weighted by Crippen LogP contribution is -2.16. The molecule has 6 nitrogen and oxygen atoms in total. The molecule has 1 unspecified atom stereocenters. The summed E-state index contributed by atoms with van der Waals surface area (Å²) in [5.41, 5.74) is 0.856. The van der Waals surface area contributed by atoms with E-state index >= 15 is 0 Å². The van der Waals surface area contributed by atoms with Crippen molar-refractivity contribution in [3.8, 4) is 11.5 Å². The molecule has 0 aliphatic heterocycles. The van der Waals surface area contributed by atoms with Gasteiger partial charge >= 0.3 is 0 Å². The fraction of sp³-hybridized carbons (Fsp3) is 0.200. The molecule has 28 heavy (non-hydrogen) atoms. The minimum absolute atomic E-state index is 0.0355. The van der Waals surface area contributed by atoms with E-state index < -0.39 is 6.10 Å². The molecule has 3 aromatic rings.